The molecule has 0 aromatic heterocycles. The number of aliphatic hydroxyl groups excluding tert-OH is 1. The van der Waals surface area contributed by atoms with Gasteiger partial charge < -0.3 is 10.2 Å². The van der Waals surface area contributed by atoms with Gasteiger partial charge in [0.1, 0.15) is 5.60 Å². The molecule has 45 valence electrons. The Kier molecular flexibility index (Phi) is 2.53. The molecule has 0 aliphatic rings. The molecule has 0 aromatic rings. The van der Waals surface area contributed by atoms with Gasteiger partial charge in [-0.2, -0.15) is 0 Å². The molecule has 2 heteroatoms. The molecule has 2 N–H and O–H groups in total. The highest BCUT2D eigenvalue weighted by molar-refractivity contribution is 5.13. The van der Waals surface area contributed by atoms with E-state index in [4.69, 9.17) is 10.2 Å². The summed E-state index contributed by atoms with van der Waals surface area (Å²) in [5.41, 5.74) is -1.28. The van der Waals surface area contributed by atoms with Crippen LogP contribution in [0.25, 0.3) is 0 Å². The maximum absolute atomic E-state index is 8.86. The predicted octanol–water partition coefficient (Wildman–Crippen LogP) is -0.433. The summed E-state index contributed by atoms with van der Waals surface area (Å²) in [6.45, 7) is 4.26. The molecule has 1 atom stereocenters. The van der Waals surface area contributed by atoms with E-state index in [1.54, 1.807) is 0 Å². The molecule has 0 saturated carbocycles. The molecule has 8 heavy (non-hydrogen) atoms. The molecular formula is C6H9O2. The van der Waals surface area contributed by atoms with Gasteiger partial charge >= 0.3 is 0 Å². The first-order valence-electron chi connectivity index (χ1n) is 2.25. The minimum atomic E-state index is -1.28. The fourth-order valence-corrected chi connectivity index (χ4v) is 0.230. The lowest BCUT2D eigenvalue weighted by atomic mass is 10.1. The Balaban J connectivity index is 3.85. The Morgan fingerprint density at radius 3 is 2.38 bits per heavy atom. The van der Waals surface area contributed by atoms with Crippen LogP contribution in [0.1, 0.15) is 6.92 Å². The summed E-state index contributed by atoms with van der Waals surface area (Å²) < 4.78 is 0. The third-order valence-corrected chi connectivity index (χ3v) is 0.666. The van der Waals surface area contributed by atoms with E-state index >= 15 is 0 Å². The molecular weight excluding hydrogens is 104 g/mol. The lowest BCUT2D eigenvalue weighted by Gasteiger charge is -2.10. The van der Waals surface area contributed by atoms with E-state index in [9.17, 15) is 0 Å². The maximum Gasteiger partial charge on any atom is 0.145 e. The molecule has 0 bridgehead atoms. The van der Waals surface area contributed by atoms with Crippen molar-refractivity contribution in [2.75, 3.05) is 6.61 Å². The Morgan fingerprint density at radius 2 is 2.25 bits per heavy atom. The first-order chi connectivity index (χ1) is 3.62. The Morgan fingerprint density at radius 1 is 1.75 bits per heavy atom. The summed E-state index contributed by atoms with van der Waals surface area (Å²) >= 11 is 0. The second kappa shape index (κ2) is 2.71. The first kappa shape index (κ1) is 7.48. The van der Waals surface area contributed by atoms with Crippen LogP contribution in [-0.2, 0) is 0 Å². The average Bonchev–Trinajstić information content (AvgIpc) is 1.67. The average molecular weight is 113 g/mol. The topological polar surface area (TPSA) is 40.5 Å². The van der Waals surface area contributed by atoms with Crippen LogP contribution in [0.2, 0.25) is 0 Å². The van der Waals surface area contributed by atoms with Gasteiger partial charge in [-0.25, -0.2) is 0 Å². The summed E-state index contributed by atoms with van der Waals surface area (Å²) in [4.78, 5) is 0. The summed E-state index contributed by atoms with van der Waals surface area (Å²) in [6, 6.07) is 0. The van der Waals surface area contributed by atoms with E-state index in [2.05, 4.69) is 18.8 Å². The molecule has 1 unspecified atom stereocenters. The summed E-state index contributed by atoms with van der Waals surface area (Å²) in [5.74, 6) is 4.56. The second-order valence-corrected chi connectivity index (χ2v) is 1.73. The first-order valence-corrected chi connectivity index (χ1v) is 2.25. The van der Waals surface area contributed by atoms with E-state index < -0.39 is 5.60 Å². The summed E-state index contributed by atoms with van der Waals surface area (Å²) in [7, 11) is 0. The van der Waals surface area contributed by atoms with Gasteiger partial charge in [0.2, 0.25) is 0 Å². The molecule has 0 rings (SSSR count). The summed E-state index contributed by atoms with van der Waals surface area (Å²) in [5, 5.41) is 17.2. The molecule has 0 heterocycles. The molecule has 0 saturated heterocycles. The van der Waals surface area contributed by atoms with Crippen molar-refractivity contribution in [1.29, 1.82) is 0 Å². The molecule has 0 aromatic carbocycles. The predicted molar refractivity (Wildman–Crippen MR) is 30.8 cm³/mol. The Labute approximate surface area is 49.2 Å². The maximum atomic E-state index is 8.86. The van der Waals surface area contributed by atoms with Crippen molar-refractivity contribution in [3.8, 4) is 11.8 Å². The van der Waals surface area contributed by atoms with Crippen molar-refractivity contribution in [2.45, 2.75) is 12.5 Å². The van der Waals surface area contributed by atoms with Crippen LogP contribution in [0, 0.1) is 18.8 Å². The molecule has 0 amide bonds. The number of hydrogen-bond donors (Lipinski definition) is 2. The number of hydrogen-bond acceptors (Lipinski definition) is 2. The van der Waals surface area contributed by atoms with Gasteiger partial charge in [-0.15, -0.1) is 0 Å². The molecule has 2 nitrogen and oxygen atoms in total. The van der Waals surface area contributed by atoms with E-state index in [1.807, 2.05) is 0 Å². The van der Waals surface area contributed by atoms with Crippen molar-refractivity contribution < 1.29 is 10.2 Å². The Hall–Kier alpha value is -0.520. The number of rotatable bonds is 1. The smallest absolute Gasteiger partial charge is 0.145 e. The van der Waals surface area contributed by atoms with E-state index in [0.29, 0.717) is 0 Å². The van der Waals surface area contributed by atoms with Gasteiger partial charge in [0, 0.05) is 6.92 Å². The van der Waals surface area contributed by atoms with Gasteiger partial charge in [-0.1, -0.05) is 11.8 Å². The van der Waals surface area contributed by atoms with Gasteiger partial charge in [-0.05, 0) is 6.92 Å². The lowest BCUT2D eigenvalue weighted by molar-refractivity contribution is 0.0519. The van der Waals surface area contributed by atoms with E-state index in [0.717, 1.165) is 0 Å². The Bertz CT molecular complexity index is 116. The van der Waals surface area contributed by atoms with Crippen LogP contribution in [0.3, 0.4) is 0 Å². The summed E-state index contributed by atoms with van der Waals surface area (Å²) in [6.07, 6.45) is 0. The third-order valence-electron chi connectivity index (χ3n) is 0.666. The van der Waals surface area contributed by atoms with Crippen LogP contribution < -0.4 is 0 Å². The van der Waals surface area contributed by atoms with E-state index in [1.165, 1.54) is 6.92 Å². The largest absolute Gasteiger partial charge is 0.392 e. The zero-order valence-electron chi connectivity index (χ0n) is 4.81. The standard InChI is InChI=1S/C6H9O2/c1-3-4-6(2,8)5-7/h7-8H,1,5H2,2H3. The van der Waals surface area contributed by atoms with Crippen molar-refractivity contribution in [3.63, 3.8) is 0 Å². The molecule has 0 fully saturated rings. The highest BCUT2D eigenvalue weighted by Gasteiger charge is 2.12. The quantitative estimate of drug-likeness (QED) is 0.453. The SMILES string of the molecule is [CH2]C#CC(C)(O)CO. The fraction of sp³-hybridized carbons (Fsp3) is 0.500. The van der Waals surface area contributed by atoms with Crippen LogP contribution >= 0.6 is 0 Å². The van der Waals surface area contributed by atoms with Crippen LogP contribution in [0.15, 0.2) is 0 Å². The minimum Gasteiger partial charge on any atom is -0.392 e. The zero-order valence-corrected chi connectivity index (χ0v) is 4.81. The minimum absolute atomic E-state index is 0.352. The van der Waals surface area contributed by atoms with E-state index in [-0.39, 0.29) is 6.61 Å². The van der Waals surface area contributed by atoms with Crippen molar-refractivity contribution >= 4 is 0 Å². The molecule has 1 radical (unpaired) electrons. The van der Waals surface area contributed by atoms with Crippen LogP contribution in [0.4, 0.5) is 0 Å². The van der Waals surface area contributed by atoms with Crippen molar-refractivity contribution in [2.24, 2.45) is 0 Å². The van der Waals surface area contributed by atoms with Gasteiger partial charge in [0.25, 0.3) is 0 Å². The van der Waals surface area contributed by atoms with Gasteiger partial charge in [0.15, 0.2) is 0 Å². The van der Waals surface area contributed by atoms with Gasteiger partial charge in [0.05, 0.1) is 6.61 Å². The molecule has 0 aliphatic heterocycles. The van der Waals surface area contributed by atoms with Gasteiger partial charge in [-0.3, -0.25) is 0 Å². The van der Waals surface area contributed by atoms with Crippen LogP contribution in [0.5, 0.6) is 0 Å². The second-order valence-electron chi connectivity index (χ2n) is 1.73. The van der Waals surface area contributed by atoms with Crippen LogP contribution in [-0.4, -0.2) is 22.4 Å². The lowest BCUT2D eigenvalue weighted by Crippen LogP contribution is -2.26. The van der Waals surface area contributed by atoms with Crippen molar-refractivity contribution in [1.82, 2.24) is 0 Å². The normalized spacial score (nSPS) is 16.0. The van der Waals surface area contributed by atoms with Crippen molar-refractivity contribution in [3.05, 3.63) is 6.92 Å². The highest BCUT2D eigenvalue weighted by Crippen LogP contribution is 1.96. The number of aliphatic hydroxyl groups is 2. The zero-order chi connectivity index (χ0) is 6.62. The highest BCUT2D eigenvalue weighted by atomic mass is 16.3. The third kappa shape index (κ3) is 2.62. The monoisotopic (exact) mass is 113 g/mol. The molecule has 0 spiro atoms. The molecule has 0 aliphatic carbocycles. The fourth-order valence-electron chi connectivity index (χ4n) is 0.230.